The molecule has 1 unspecified atom stereocenters. The van der Waals surface area contributed by atoms with Crippen LogP contribution < -0.4 is 0 Å². The summed E-state index contributed by atoms with van der Waals surface area (Å²) < 4.78 is 26.3. The molecule has 0 aliphatic carbocycles. The molecule has 0 rings (SSSR count). The van der Waals surface area contributed by atoms with Gasteiger partial charge in [-0.3, -0.25) is 13.8 Å². The number of carbonyl (C=O) groups is 2. The van der Waals surface area contributed by atoms with Crippen LogP contribution in [0.2, 0.25) is 0 Å². The maximum atomic E-state index is 11.0. The summed E-state index contributed by atoms with van der Waals surface area (Å²) in [5.41, 5.74) is 0. The Kier molecular flexibility index (Phi) is 4.51. The van der Waals surface area contributed by atoms with E-state index in [0.717, 1.165) is 0 Å². The Labute approximate surface area is 80.4 Å². The molecule has 0 bridgehead atoms. The van der Waals surface area contributed by atoms with Crippen molar-refractivity contribution in [2.75, 3.05) is 6.61 Å². The van der Waals surface area contributed by atoms with E-state index in [1.54, 1.807) is 0 Å². The van der Waals surface area contributed by atoms with Crippen LogP contribution >= 0.6 is 0 Å². The Hall–Kier alpha value is -1.15. The van der Waals surface area contributed by atoms with Crippen molar-refractivity contribution in [1.29, 1.82) is 0 Å². The van der Waals surface area contributed by atoms with Crippen molar-refractivity contribution in [2.45, 2.75) is 18.6 Å². The molecule has 0 aliphatic rings. The molecule has 7 nitrogen and oxygen atoms in total. The van der Waals surface area contributed by atoms with Gasteiger partial charge in [-0.15, -0.1) is 0 Å². The minimum absolute atomic E-state index is 0.230. The lowest BCUT2D eigenvalue weighted by Crippen LogP contribution is -2.33. The first-order chi connectivity index (χ1) is 6.31. The van der Waals surface area contributed by atoms with Gasteiger partial charge in [0, 0.05) is 0 Å². The van der Waals surface area contributed by atoms with Crippen molar-refractivity contribution in [3.05, 3.63) is 0 Å². The van der Waals surface area contributed by atoms with Gasteiger partial charge in [-0.2, -0.15) is 8.42 Å². The van der Waals surface area contributed by atoms with Crippen LogP contribution in [0.3, 0.4) is 0 Å². The van der Waals surface area contributed by atoms with Gasteiger partial charge in [-0.05, 0) is 6.92 Å². The second-order valence-corrected chi connectivity index (χ2v) is 4.11. The van der Waals surface area contributed by atoms with Crippen molar-refractivity contribution in [3.8, 4) is 0 Å². The Morgan fingerprint density at radius 3 is 2.14 bits per heavy atom. The number of hydrogen-bond acceptors (Lipinski definition) is 5. The lowest BCUT2D eigenvalue weighted by molar-refractivity contribution is -0.143. The molecule has 0 saturated heterocycles. The van der Waals surface area contributed by atoms with Gasteiger partial charge in [0.1, 0.15) is 0 Å². The molecule has 0 radical (unpaired) electrons. The highest BCUT2D eigenvalue weighted by Gasteiger charge is 2.35. The Morgan fingerprint density at radius 1 is 1.36 bits per heavy atom. The quantitative estimate of drug-likeness (QED) is 0.573. The Balaban J connectivity index is 4.83. The lowest BCUT2D eigenvalue weighted by Gasteiger charge is -2.09. The second kappa shape index (κ2) is 4.91. The van der Waals surface area contributed by atoms with Crippen molar-refractivity contribution in [2.24, 2.45) is 0 Å². The van der Waals surface area contributed by atoms with E-state index in [2.05, 4.69) is 4.18 Å². The SMILES string of the molecule is CCOS(=O)(=O)C(CC(=O)O)C(=O)O. The van der Waals surface area contributed by atoms with Gasteiger partial charge < -0.3 is 10.2 Å². The second-order valence-electron chi connectivity index (χ2n) is 2.32. The number of hydrogen-bond donors (Lipinski definition) is 2. The maximum absolute atomic E-state index is 11.0. The molecule has 0 spiro atoms. The number of carboxylic acids is 2. The lowest BCUT2D eigenvalue weighted by atomic mass is 10.3. The molecule has 0 heterocycles. The molecule has 0 aliphatic heterocycles. The fourth-order valence-electron chi connectivity index (χ4n) is 0.718. The van der Waals surface area contributed by atoms with Crippen LogP contribution in [-0.2, 0) is 23.9 Å². The molecule has 2 N–H and O–H groups in total. The third-order valence-corrected chi connectivity index (χ3v) is 2.90. The molecule has 0 aromatic rings. The first kappa shape index (κ1) is 12.8. The summed E-state index contributed by atoms with van der Waals surface area (Å²) >= 11 is 0. The molecule has 82 valence electrons. The zero-order valence-electron chi connectivity index (χ0n) is 7.34. The molecular formula is C6H10O7S. The molecule has 0 aromatic heterocycles. The maximum Gasteiger partial charge on any atom is 0.325 e. The average molecular weight is 226 g/mol. The highest BCUT2D eigenvalue weighted by atomic mass is 32.2. The molecular weight excluding hydrogens is 216 g/mol. The normalized spacial score (nSPS) is 13.5. The summed E-state index contributed by atoms with van der Waals surface area (Å²) in [7, 11) is -4.35. The monoisotopic (exact) mass is 226 g/mol. The Morgan fingerprint density at radius 2 is 1.86 bits per heavy atom. The smallest absolute Gasteiger partial charge is 0.325 e. The number of carboxylic acid groups (broad SMARTS) is 2. The highest BCUT2D eigenvalue weighted by Crippen LogP contribution is 2.09. The number of aliphatic carboxylic acids is 2. The average Bonchev–Trinajstić information content (AvgIpc) is 1.99. The summed E-state index contributed by atoms with van der Waals surface area (Å²) in [5, 5.41) is 14.7. The number of rotatable bonds is 6. The minimum Gasteiger partial charge on any atom is -0.481 e. The fourth-order valence-corrected chi connectivity index (χ4v) is 1.80. The summed E-state index contributed by atoms with van der Waals surface area (Å²) in [6, 6.07) is 0. The molecule has 0 saturated carbocycles. The molecule has 1 atom stereocenters. The van der Waals surface area contributed by atoms with Gasteiger partial charge in [0.15, 0.2) is 5.25 Å². The van der Waals surface area contributed by atoms with Gasteiger partial charge in [0.25, 0.3) is 10.1 Å². The molecule has 0 amide bonds. The van der Waals surface area contributed by atoms with Crippen molar-refractivity contribution >= 4 is 22.1 Å². The van der Waals surface area contributed by atoms with E-state index in [-0.39, 0.29) is 6.61 Å². The molecule has 0 fully saturated rings. The zero-order chi connectivity index (χ0) is 11.4. The zero-order valence-corrected chi connectivity index (χ0v) is 8.15. The minimum atomic E-state index is -4.35. The topological polar surface area (TPSA) is 118 Å². The highest BCUT2D eigenvalue weighted by molar-refractivity contribution is 7.88. The fraction of sp³-hybridized carbons (Fsp3) is 0.667. The summed E-state index contributed by atoms with van der Waals surface area (Å²) in [4.78, 5) is 20.6. The van der Waals surface area contributed by atoms with Crippen LogP contribution in [0.4, 0.5) is 0 Å². The Bertz CT molecular complexity index is 317. The van der Waals surface area contributed by atoms with Gasteiger partial charge in [0.05, 0.1) is 13.0 Å². The van der Waals surface area contributed by atoms with Gasteiger partial charge in [-0.1, -0.05) is 0 Å². The van der Waals surface area contributed by atoms with Crippen molar-refractivity contribution in [1.82, 2.24) is 0 Å². The largest absolute Gasteiger partial charge is 0.481 e. The molecule has 14 heavy (non-hydrogen) atoms. The van der Waals surface area contributed by atoms with Crippen LogP contribution in [0.25, 0.3) is 0 Å². The van der Waals surface area contributed by atoms with Gasteiger partial charge >= 0.3 is 11.9 Å². The third kappa shape index (κ3) is 3.71. The van der Waals surface area contributed by atoms with Crippen LogP contribution in [0, 0.1) is 0 Å². The van der Waals surface area contributed by atoms with Crippen molar-refractivity contribution in [3.63, 3.8) is 0 Å². The van der Waals surface area contributed by atoms with E-state index in [0.29, 0.717) is 0 Å². The first-order valence-electron chi connectivity index (χ1n) is 3.64. The van der Waals surface area contributed by atoms with E-state index in [1.807, 2.05) is 0 Å². The van der Waals surface area contributed by atoms with Crippen LogP contribution in [0.15, 0.2) is 0 Å². The first-order valence-corrected chi connectivity index (χ1v) is 5.11. The third-order valence-electron chi connectivity index (χ3n) is 1.27. The van der Waals surface area contributed by atoms with E-state index in [9.17, 15) is 18.0 Å². The summed E-state index contributed by atoms with van der Waals surface area (Å²) in [5.74, 6) is -3.25. The van der Waals surface area contributed by atoms with Crippen LogP contribution in [0.1, 0.15) is 13.3 Å². The summed E-state index contributed by atoms with van der Waals surface area (Å²) in [6.07, 6.45) is -1.02. The van der Waals surface area contributed by atoms with E-state index in [1.165, 1.54) is 6.92 Å². The predicted molar refractivity (Wildman–Crippen MR) is 44.2 cm³/mol. The predicted octanol–water partition coefficient (Wildman–Crippen LogP) is -0.719. The van der Waals surface area contributed by atoms with Crippen LogP contribution in [0.5, 0.6) is 0 Å². The van der Waals surface area contributed by atoms with E-state index >= 15 is 0 Å². The van der Waals surface area contributed by atoms with Crippen molar-refractivity contribution < 1.29 is 32.4 Å². The standard InChI is InChI=1S/C6H10O7S/c1-2-13-14(11,12)4(6(9)10)3-5(7)8/h4H,2-3H2,1H3,(H,7,8)(H,9,10). The summed E-state index contributed by atoms with van der Waals surface area (Å²) in [6.45, 7) is 1.13. The molecule has 8 heteroatoms. The van der Waals surface area contributed by atoms with Gasteiger partial charge in [0.2, 0.25) is 0 Å². The van der Waals surface area contributed by atoms with E-state index < -0.39 is 33.7 Å². The van der Waals surface area contributed by atoms with E-state index in [4.69, 9.17) is 10.2 Å². The van der Waals surface area contributed by atoms with Crippen LogP contribution in [-0.4, -0.2) is 42.4 Å². The molecule has 0 aromatic carbocycles. The van der Waals surface area contributed by atoms with Gasteiger partial charge in [-0.25, -0.2) is 0 Å².